The molecule has 0 amide bonds. The average molecular weight is 307 g/mol. The van der Waals surface area contributed by atoms with Gasteiger partial charge in [0.25, 0.3) is 0 Å². The second kappa shape index (κ2) is 5.15. The van der Waals surface area contributed by atoms with Gasteiger partial charge >= 0.3 is 5.97 Å². The van der Waals surface area contributed by atoms with Gasteiger partial charge in [-0.25, -0.2) is 8.42 Å². The molecule has 0 heterocycles. The number of benzene rings is 1. The summed E-state index contributed by atoms with van der Waals surface area (Å²) in [5, 5.41) is 17.5. The van der Waals surface area contributed by atoms with E-state index >= 15 is 0 Å². The maximum Gasteiger partial charge on any atom is 0.326 e. The van der Waals surface area contributed by atoms with Crippen molar-refractivity contribution in [2.45, 2.75) is 31.4 Å². The summed E-state index contributed by atoms with van der Waals surface area (Å²) >= 11 is 0. The molecular formula is C15H17NO4S. The number of sulfone groups is 1. The Bertz CT molecular complexity index is 702. The molecule has 112 valence electrons. The van der Waals surface area contributed by atoms with E-state index in [1.807, 2.05) is 19.1 Å². The number of rotatable bonds is 5. The molecule has 0 unspecified atom stereocenters. The Morgan fingerprint density at radius 2 is 1.90 bits per heavy atom. The van der Waals surface area contributed by atoms with Gasteiger partial charge in [-0.3, -0.25) is 4.79 Å². The fourth-order valence-electron chi connectivity index (χ4n) is 2.86. The predicted molar refractivity (Wildman–Crippen MR) is 77.5 cm³/mol. The highest BCUT2D eigenvalue weighted by molar-refractivity contribution is 7.92. The first-order valence-electron chi connectivity index (χ1n) is 6.80. The highest BCUT2D eigenvalue weighted by Gasteiger charge is 2.76. The van der Waals surface area contributed by atoms with E-state index in [2.05, 4.69) is 0 Å². The molecule has 1 N–H and O–H groups in total. The number of aliphatic carboxylic acids is 1. The number of nitrogens with zero attached hydrogens (tertiary/aromatic N) is 1. The van der Waals surface area contributed by atoms with Crippen molar-refractivity contribution in [2.75, 3.05) is 5.75 Å². The number of hydrogen-bond acceptors (Lipinski definition) is 4. The molecule has 3 atom stereocenters. The van der Waals surface area contributed by atoms with Crippen LogP contribution in [-0.4, -0.2) is 30.5 Å². The van der Waals surface area contributed by atoms with Crippen molar-refractivity contribution < 1.29 is 18.3 Å². The molecule has 1 aromatic rings. The van der Waals surface area contributed by atoms with Gasteiger partial charge in [-0.1, -0.05) is 38.1 Å². The van der Waals surface area contributed by atoms with Gasteiger partial charge in [0.1, 0.15) is 5.25 Å². The van der Waals surface area contributed by atoms with Crippen LogP contribution in [0.2, 0.25) is 0 Å². The van der Waals surface area contributed by atoms with Crippen molar-refractivity contribution >= 4 is 15.8 Å². The van der Waals surface area contributed by atoms with Crippen LogP contribution in [0.15, 0.2) is 24.3 Å². The third-order valence-electron chi connectivity index (χ3n) is 4.21. The maximum absolute atomic E-state index is 12.1. The average Bonchev–Trinajstić information content (AvgIpc) is 3.19. The van der Waals surface area contributed by atoms with Gasteiger partial charge in [-0.05, 0) is 17.5 Å². The van der Waals surface area contributed by atoms with E-state index in [1.165, 1.54) is 6.92 Å². The van der Waals surface area contributed by atoms with Crippen molar-refractivity contribution in [3.05, 3.63) is 35.4 Å². The summed E-state index contributed by atoms with van der Waals surface area (Å²) < 4.78 is 24.3. The van der Waals surface area contributed by atoms with Gasteiger partial charge in [-0.2, -0.15) is 5.26 Å². The normalized spacial score (nSPS) is 27.9. The first-order valence-corrected chi connectivity index (χ1v) is 8.51. The number of aryl methyl sites for hydroxylation is 1. The molecule has 1 saturated carbocycles. The fraction of sp³-hybridized carbons (Fsp3) is 0.467. The zero-order chi connectivity index (χ0) is 15.8. The van der Waals surface area contributed by atoms with E-state index in [9.17, 15) is 23.6 Å². The van der Waals surface area contributed by atoms with Crippen LogP contribution in [0.1, 0.15) is 30.9 Å². The molecule has 2 rings (SSSR count). The quantitative estimate of drug-likeness (QED) is 0.894. The molecule has 1 aromatic carbocycles. The van der Waals surface area contributed by atoms with Crippen LogP contribution < -0.4 is 0 Å². The predicted octanol–water partition coefficient (Wildman–Crippen LogP) is 1.74. The lowest BCUT2D eigenvalue weighted by Crippen LogP contribution is -2.23. The Morgan fingerprint density at radius 1 is 1.33 bits per heavy atom. The Kier molecular flexibility index (Phi) is 3.81. The Morgan fingerprint density at radius 3 is 2.29 bits per heavy atom. The molecule has 6 heteroatoms. The zero-order valence-electron chi connectivity index (χ0n) is 11.9. The summed E-state index contributed by atoms with van der Waals surface area (Å²) in [4.78, 5) is 11.5. The van der Waals surface area contributed by atoms with Crippen molar-refractivity contribution in [2.24, 2.45) is 5.41 Å². The number of carbonyl (C=O) groups is 1. The summed E-state index contributed by atoms with van der Waals surface area (Å²) in [5.74, 6) is -2.33. The third-order valence-corrected chi connectivity index (χ3v) is 6.43. The van der Waals surface area contributed by atoms with Gasteiger partial charge in [-0.15, -0.1) is 0 Å². The lowest BCUT2D eigenvalue weighted by Gasteiger charge is -2.03. The summed E-state index contributed by atoms with van der Waals surface area (Å²) in [6.45, 7) is 3.46. The standard InChI is InChI=1S/C15H17NO4S/c1-3-10-5-7-11(8-6-10)12-13(21(19,20)4-2)15(12,9-16)14(17)18/h5-8,12-13H,3-4H2,1-2H3,(H,17,18)/t12-,13+,15-/m1/s1. The molecular weight excluding hydrogens is 290 g/mol. The highest BCUT2D eigenvalue weighted by Crippen LogP contribution is 2.63. The molecule has 1 aliphatic carbocycles. The van der Waals surface area contributed by atoms with Gasteiger partial charge in [0.15, 0.2) is 15.3 Å². The molecule has 0 radical (unpaired) electrons. The van der Waals surface area contributed by atoms with Gasteiger partial charge < -0.3 is 5.11 Å². The van der Waals surface area contributed by atoms with E-state index < -0.39 is 32.4 Å². The largest absolute Gasteiger partial charge is 0.480 e. The first-order chi connectivity index (χ1) is 9.85. The molecule has 0 bridgehead atoms. The van der Waals surface area contributed by atoms with Crippen molar-refractivity contribution in [1.29, 1.82) is 5.26 Å². The van der Waals surface area contributed by atoms with Crippen LogP contribution in [0.4, 0.5) is 0 Å². The van der Waals surface area contributed by atoms with Gasteiger partial charge in [0.05, 0.1) is 6.07 Å². The number of hydrogen-bond donors (Lipinski definition) is 1. The Labute approximate surface area is 124 Å². The first kappa shape index (κ1) is 15.5. The van der Waals surface area contributed by atoms with Crippen molar-refractivity contribution in [3.63, 3.8) is 0 Å². The van der Waals surface area contributed by atoms with Crippen LogP contribution in [0.5, 0.6) is 0 Å². The van der Waals surface area contributed by atoms with Crippen LogP contribution in [-0.2, 0) is 21.1 Å². The van der Waals surface area contributed by atoms with Crippen molar-refractivity contribution in [1.82, 2.24) is 0 Å². The van der Waals surface area contributed by atoms with Gasteiger partial charge in [0.2, 0.25) is 0 Å². The lowest BCUT2D eigenvalue weighted by atomic mass is 9.99. The molecule has 1 fully saturated rings. The SMILES string of the molecule is CCc1ccc([C@@H]2[C@H](S(=O)(=O)CC)[C@]2(C#N)C(=O)O)cc1. The van der Waals surface area contributed by atoms with Crippen LogP contribution in [0.25, 0.3) is 0 Å². The second-order valence-corrected chi connectivity index (χ2v) is 7.64. The molecule has 1 aliphatic rings. The molecule has 5 nitrogen and oxygen atoms in total. The lowest BCUT2D eigenvalue weighted by molar-refractivity contribution is -0.141. The molecule has 0 saturated heterocycles. The summed E-state index contributed by atoms with van der Waals surface area (Å²) in [6, 6.07) is 8.87. The maximum atomic E-state index is 12.1. The topological polar surface area (TPSA) is 95.2 Å². The minimum Gasteiger partial charge on any atom is -0.480 e. The van der Waals surface area contributed by atoms with Gasteiger partial charge in [0, 0.05) is 11.7 Å². The second-order valence-electron chi connectivity index (χ2n) is 5.23. The highest BCUT2D eigenvalue weighted by atomic mass is 32.2. The summed E-state index contributed by atoms with van der Waals surface area (Å²) in [5.41, 5.74) is -0.187. The van der Waals surface area contributed by atoms with Crippen LogP contribution in [0.3, 0.4) is 0 Å². The van der Waals surface area contributed by atoms with E-state index in [0.29, 0.717) is 5.56 Å². The number of carboxylic acids is 1. The third kappa shape index (κ3) is 2.22. The minimum absolute atomic E-state index is 0.169. The minimum atomic E-state index is -3.61. The van der Waals surface area contributed by atoms with E-state index in [1.54, 1.807) is 18.2 Å². The molecule has 0 aromatic heterocycles. The molecule has 21 heavy (non-hydrogen) atoms. The van der Waals surface area contributed by atoms with Crippen LogP contribution in [0, 0.1) is 16.7 Å². The monoisotopic (exact) mass is 307 g/mol. The smallest absolute Gasteiger partial charge is 0.326 e. The fourth-order valence-corrected chi connectivity index (χ4v) is 4.79. The summed E-state index contributed by atoms with van der Waals surface area (Å²) in [6.07, 6.45) is 0.837. The number of carboxylic acid groups (broad SMARTS) is 1. The molecule has 0 aliphatic heterocycles. The van der Waals surface area contributed by atoms with Crippen molar-refractivity contribution in [3.8, 4) is 6.07 Å². The number of nitriles is 1. The van der Waals surface area contributed by atoms with E-state index in [0.717, 1.165) is 12.0 Å². The van der Waals surface area contributed by atoms with Crippen LogP contribution >= 0.6 is 0 Å². The Hall–Kier alpha value is -1.87. The van der Waals surface area contributed by atoms with E-state index in [-0.39, 0.29) is 5.75 Å². The molecule has 0 spiro atoms. The zero-order valence-corrected chi connectivity index (χ0v) is 12.7. The van der Waals surface area contributed by atoms with E-state index in [4.69, 9.17) is 0 Å². The summed E-state index contributed by atoms with van der Waals surface area (Å²) in [7, 11) is -3.61. The Balaban J connectivity index is 2.50.